The van der Waals surface area contributed by atoms with Crippen LogP contribution in [0.5, 0.6) is 17.2 Å². The minimum absolute atomic E-state index is 0.0863. The van der Waals surface area contributed by atoms with Crippen LogP contribution in [-0.2, 0) is 4.74 Å². The van der Waals surface area contributed by atoms with Gasteiger partial charge in [0.05, 0.1) is 13.2 Å². The van der Waals surface area contributed by atoms with E-state index in [2.05, 4.69) is 0 Å². The van der Waals surface area contributed by atoms with Crippen LogP contribution in [0.15, 0.2) is 12.1 Å². The smallest absolute Gasteiger partial charge is 0.339 e. The molecule has 0 saturated carbocycles. The van der Waals surface area contributed by atoms with E-state index in [4.69, 9.17) is 18.9 Å². The quantitative estimate of drug-likeness (QED) is 0.890. The molecule has 0 aliphatic carbocycles. The molecule has 1 aromatic rings. The molecule has 1 fully saturated rings. The second kappa shape index (κ2) is 4.97. The first-order chi connectivity index (χ1) is 9.24. The molecule has 2 heterocycles. The summed E-state index contributed by atoms with van der Waals surface area (Å²) in [5, 5.41) is 9.19. The lowest BCUT2D eigenvalue weighted by molar-refractivity contribution is 0.0690. The van der Waals surface area contributed by atoms with Gasteiger partial charge in [0.2, 0.25) is 6.79 Å². The van der Waals surface area contributed by atoms with Crippen molar-refractivity contribution in [1.29, 1.82) is 0 Å². The Morgan fingerprint density at radius 3 is 2.84 bits per heavy atom. The summed E-state index contributed by atoms with van der Waals surface area (Å²) in [6.07, 6.45) is 0.937. The van der Waals surface area contributed by atoms with Gasteiger partial charge in [0.25, 0.3) is 0 Å². The molecule has 0 radical (unpaired) electrons. The third-order valence-electron chi connectivity index (χ3n) is 3.20. The molecule has 6 nitrogen and oxygen atoms in total. The molecule has 0 spiro atoms. The van der Waals surface area contributed by atoms with Gasteiger partial charge in [0.15, 0.2) is 11.5 Å². The number of aromatic carboxylic acids is 1. The normalized spacial score (nSPS) is 20.5. The molecule has 2 aliphatic heterocycles. The number of ether oxygens (including phenoxy) is 4. The maximum Gasteiger partial charge on any atom is 0.339 e. The molecule has 2 aliphatic rings. The van der Waals surface area contributed by atoms with E-state index < -0.39 is 5.97 Å². The minimum Gasteiger partial charge on any atom is -0.492 e. The first kappa shape index (κ1) is 12.1. The highest BCUT2D eigenvalue weighted by Crippen LogP contribution is 2.38. The van der Waals surface area contributed by atoms with Gasteiger partial charge in [-0.1, -0.05) is 0 Å². The average Bonchev–Trinajstić information content (AvgIpc) is 3.05. The van der Waals surface area contributed by atoms with E-state index in [1.54, 1.807) is 6.07 Å². The van der Waals surface area contributed by atoms with Crippen molar-refractivity contribution in [2.24, 2.45) is 5.92 Å². The molecule has 1 saturated heterocycles. The van der Waals surface area contributed by atoms with Crippen molar-refractivity contribution in [3.05, 3.63) is 17.7 Å². The summed E-state index contributed by atoms with van der Waals surface area (Å²) in [6.45, 7) is 1.95. The molecule has 102 valence electrons. The van der Waals surface area contributed by atoms with Crippen molar-refractivity contribution < 1.29 is 28.8 Å². The van der Waals surface area contributed by atoms with Crippen LogP contribution < -0.4 is 14.2 Å². The largest absolute Gasteiger partial charge is 0.492 e. The zero-order valence-electron chi connectivity index (χ0n) is 10.3. The number of carboxylic acid groups (broad SMARTS) is 1. The highest BCUT2D eigenvalue weighted by atomic mass is 16.7. The monoisotopic (exact) mass is 266 g/mol. The Morgan fingerprint density at radius 1 is 1.37 bits per heavy atom. The summed E-state index contributed by atoms with van der Waals surface area (Å²) in [5.74, 6) is 0.531. The van der Waals surface area contributed by atoms with Crippen LogP contribution in [0.2, 0.25) is 0 Å². The van der Waals surface area contributed by atoms with E-state index in [1.165, 1.54) is 6.07 Å². The molecule has 0 amide bonds. The second-order valence-corrected chi connectivity index (χ2v) is 4.55. The lowest BCUT2D eigenvalue weighted by Crippen LogP contribution is -2.13. The molecule has 3 rings (SSSR count). The Labute approximate surface area is 109 Å². The molecule has 1 atom stereocenters. The van der Waals surface area contributed by atoms with Crippen molar-refractivity contribution in [3.63, 3.8) is 0 Å². The Balaban J connectivity index is 1.80. The zero-order chi connectivity index (χ0) is 13.2. The SMILES string of the molecule is O=C(O)c1cc2c(cc1OCC1CCOC1)OCO2. The predicted octanol–water partition coefficient (Wildman–Crippen LogP) is 1.53. The lowest BCUT2D eigenvalue weighted by Gasteiger charge is -2.13. The molecule has 19 heavy (non-hydrogen) atoms. The summed E-state index contributed by atoms with van der Waals surface area (Å²) in [4.78, 5) is 11.2. The molecule has 1 unspecified atom stereocenters. The van der Waals surface area contributed by atoms with Gasteiger partial charge in [0.1, 0.15) is 11.3 Å². The van der Waals surface area contributed by atoms with Crippen molar-refractivity contribution in [2.45, 2.75) is 6.42 Å². The van der Waals surface area contributed by atoms with Gasteiger partial charge >= 0.3 is 5.97 Å². The van der Waals surface area contributed by atoms with Gasteiger partial charge in [-0.25, -0.2) is 4.79 Å². The van der Waals surface area contributed by atoms with Crippen molar-refractivity contribution >= 4 is 5.97 Å². The lowest BCUT2D eigenvalue weighted by atomic mass is 10.1. The second-order valence-electron chi connectivity index (χ2n) is 4.55. The Morgan fingerprint density at radius 2 is 2.16 bits per heavy atom. The number of rotatable bonds is 4. The van der Waals surface area contributed by atoms with Crippen LogP contribution >= 0.6 is 0 Å². The van der Waals surface area contributed by atoms with Gasteiger partial charge in [0, 0.05) is 24.7 Å². The van der Waals surface area contributed by atoms with Crippen LogP contribution in [0, 0.1) is 5.92 Å². The zero-order valence-corrected chi connectivity index (χ0v) is 10.3. The number of carboxylic acids is 1. The summed E-state index contributed by atoms with van der Waals surface area (Å²) in [7, 11) is 0. The maximum absolute atomic E-state index is 11.2. The molecule has 0 bridgehead atoms. The number of hydrogen-bond acceptors (Lipinski definition) is 5. The Kier molecular flexibility index (Phi) is 3.16. The fraction of sp³-hybridized carbons (Fsp3) is 0.462. The van der Waals surface area contributed by atoms with E-state index in [0.29, 0.717) is 36.4 Å². The molecule has 1 N–H and O–H groups in total. The molecule has 0 aromatic heterocycles. The molecular formula is C13H14O6. The van der Waals surface area contributed by atoms with Crippen LogP contribution in [0.4, 0.5) is 0 Å². The van der Waals surface area contributed by atoms with E-state index >= 15 is 0 Å². The van der Waals surface area contributed by atoms with E-state index in [0.717, 1.165) is 13.0 Å². The third kappa shape index (κ3) is 2.44. The van der Waals surface area contributed by atoms with Crippen LogP contribution in [0.3, 0.4) is 0 Å². The topological polar surface area (TPSA) is 74.2 Å². The van der Waals surface area contributed by atoms with Crippen LogP contribution in [0.1, 0.15) is 16.8 Å². The first-order valence-electron chi connectivity index (χ1n) is 6.11. The van der Waals surface area contributed by atoms with E-state index in [1.807, 2.05) is 0 Å². The van der Waals surface area contributed by atoms with Gasteiger partial charge < -0.3 is 24.1 Å². The Bertz CT molecular complexity index is 492. The summed E-state index contributed by atoms with van der Waals surface area (Å²) < 4.78 is 21.3. The third-order valence-corrected chi connectivity index (χ3v) is 3.20. The molecule has 1 aromatic carbocycles. The van der Waals surface area contributed by atoms with Gasteiger partial charge in [-0.2, -0.15) is 0 Å². The Hall–Kier alpha value is -1.95. The highest BCUT2D eigenvalue weighted by Gasteiger charge is 2.23. The summed E-state index contributed by atoms with van der Waals surface area (Å²) in [6, 6.07) is 3.01. The highest BCUT2D eigenvalue weighted by molar-refractivity contribution is 5.92. The van der Waals surface area contributed by atoms with E-state index in [9.17, 15) is 9.90 Å². The van der Waals surface area contributed by atoms with Gasteiger partial charge in [-0.3, -0.25) is 0 Å². The van der Waals surface area contributed by atoms with E-state index in [-0.39, 0.29) is 12.4 Å². The van der Waals surface area contributed by atoms with Gasteiger partial charge in [-0.05, 0) is 6.42 Å². The molecular weight excluding hydrogens is 252 g/mol. The van der Waals surface area contributed by atoms with Gasteiger partial charge in [-0.15, -0.1) is 0 Å². The number of fused-ring (bicyclic) bond motifs is 1. The van der Waals surface area contributed by atoms with Crippen molar-refractivity contribution in [3.8, 4) is 17.2 Å². The average molecular weight is 266 g/mol. The van der Waals surface area contributed by atoms with Crippen molar-refractivity contribution in [2.75, 3.05) is 26.6 Å². The maximum atomic E-state index is 11.2. The number of hydrogen-bond donors (Lipinski definition) is 1. The fourth-order valence-electron chi connectivity index (χ4n) is 2.13. The minimum atomic E-state index is -1.05. The predicted molar refractivity (Wildman–Crippen MR) is 63.9 cm³/mol. The summed E-state index contributed by atoms with van der Waals surface area (Å²) in [5.41, 5.74) is 0.0863. The van der Waals surface area contributed by atoms with Crippen molar-refractivity contribution in [1.82, 2.24) is 0 Å². The fourth-order valence-corrected chi connectivity index (χ4v) is 2.13. The first-order valence-corrected chi connectivity index (χ1v) is 6.11. The molecule has 6 heteroatoms. The standard InChI is InChI=1S/C13H14O6/c14-13(15)9-3-11-12(19-7-18-11)4-10(9)17-6-8-1-2-16-5-8/h3-4,8H,1-2,5-7H2,(H,14,15). The van der Waals surface area contributed by atoms with Crippen LogP contribution in [-0.4, -0.2) is 37.7 Å². The summed E-state index contributed by atoms with van der Waals surface area (Å²) >= 11 is 0. The number of benzene rings is 1. The number of carbonyl (C=O) groups is 1. The van der Waals surface area contributed by atoms with Crippen LogP contribution in [0.25, 0.3) is 0 Å².